The normalized spacial score (nSPS) is 29.6. The maximum atomic E-state index is 11.5. The zero-order valence-electron chi connectivity index (χ0n) is 26.7. The minimum atomic E-state index is -0.794. The number of carbonyl (C=O) groups is 1. The molecule has 248 valence electrons. The smallest absolute Gasteiger partial charge is 0.302 e. The summed E-state index contributed by atoms with van der Waals surface area (Å²) in [6.07, 6.45) is 2.03. The van der Waals surface area contributed by atoms with Crippen LogP contribution in [-0.4, -0.2) is 94.9 Å². The second kappa shape index (κ2) is 12.0. The van der Waals surface area contributed by atoms with Gasteiger partial charge in [-0.1, -0.05) is 19.8 Å². The Morgan fingerprint density at radius 1 is 0.957 bits per heavy atom. The number of hydrogen-bond acceptors (Lipinski definition) is 15. The number of imidazole rings is 2. The van der Waals surface area contributed by atoms with Crippen LogP contribution in [0, 0.1) is 23.7 Å². The second-order valence-corrected chi connectivity index (χ2v) is 12.5. The van der Waals surface area contributed by atoms with E-state index in [1.54, 1.807) is 10.9 Å². The van der Waals surface area contributed by atoms with Crippen LogP contribution in [-0.2, 0) is 28.5 Å². The molecule has 0 radical (unpaired) electrons. The lowest BCUT2D eigenvalue weighted by molar-refractivity contribution is -0.195. The van der Waals surface area contributed by atoms with Crippen molar-refractivity contribution in [3.63, 3.8) is 0 Å². The number of nitrogens with one attached hydrogen (secondary N) is 1. The van der Waals surface area contributed by atoms with Crippen molar-refractivity contribution >= 4 is 39.9 Å². The first-order valence-corrected chi connectivity index (χ1v) is 15.4. The summed E-state index contributed by atoms with van der Waals surface area (Å²) in [5.74, 6) is 6.27. The summed E-state index contributed by atoms with van der Waals surface area (Å²) in [5.41, 5.74) is 14.2. The molecule has 3 saturated heterocycles. The van der Waals surface area contributed by atoms with Crippen LogP contribution in [0.5, 0.6) is 0 Å². The number of nitrogens with two attached hydrogens (primary N) is 2. The molecule has 7 heterocycles. The summed E-state index contributed by atoms with van der Waals surface area (Å²) in [7, 11) is 0. The molecule has 0 aliphatic carbocycles. The van der Waals surface area contributed by atoms with Gasteiger partial charge in [0.1, 0.15) is 49.3 Å². The maximum Gasteiger partial charge on any atom is 0.302 e. The average Bonchev–Trinajstić information content (AvgIpc) is 3.82. The van der Waals surface area contributed by atoms with E-state index in [1.165, 1.54) is 19.6 Å². The first-order chi connectivity index (χ1) is 22.5. The van der Waals surface area contributed by atoms with Crippen LogP contribution in [0.2, 0.25) is 0 Å². The van der Waals surface area contributed by atoms with Gasteiger partial charge in [-0.3, -0.25) is 13.9 Å². The standard InChI is InChI=1S/C30H37N11O6/c1-14-15(2)28(45-18(14)10-43-16(3)42)41-19(39-21-25(32)35-12-37-27(21)41)7-6-8-33-9-17-22-23(47-30(4,5)46-22)29(44-17)40-13-38-20-24(31)34-11-36-26(20)40/h11-15,17-18,22-23,28-29,33H,8-10H2,1-5H3,(H2,31,34,36)(H2,32,35,37)/t14?,15-,17+,18+,22?,23-,28+,29+/m0/s1. The van der Waals surface area contributed by atoms with Crippen LogP contribution in [0.15, 0.2) is 19.0 Å². The number of fused-ring (bicyclic) bond motifs is 3. The predicted octanol–water partition coefficient (Wildman–Crippen LogP) is 0.922. The Balaban J connectivity index is 1.08. The number of anilines is 2. The largest absolute Gasteiger partial charge is 0.463 e. The number of ether oxygens (including phenoxy) is 5. The fraction of sp³-hybridized carbons (Fsp3) is 0.567. The number of aromatic nitrogens is 8. The van der Waals surface area contributed by atoms with Crippen LogP contribution >= 0.6 is 0 Å². The zero-order valence-corrected chi connectivity index (χ0v) is 26.7. The zero-order chi connectivity index (χ0) is 33.0. The summed E-state index contributed by atoms with van der Waals surface area (Å²) >= 11 is 0. The topological polar surface area (TPSA) is 214 Å². The molecule has 2 unspecified atom stereocenters. The second-order valence-electron chi connectivity index (χ2n) is 12.5. The Morgan fingerprint density at radius 2 is 1.66 bits per heavy atom. The molecule has 0 saturated carbocycles. The minimum Gasteiger partial charge on any atom is -0.463 e. The van der Waals surface area contributed by atoms with Gasteiger partial charge in [-0.05, 0) is 25.7 Å². The van der Waals surface area contributed by atoms with Crippen molar-refractivity contribution < 1.29 is 28.5 Å². The maximum absolute atomic E-state index is 11.5. The quantitative estimate of drug-likeness (QED) is 0.144. The number of nitrogen functional groups attached to an aromatic ring is 2. The van der Waals surface area contributed by atoms with Gasteiger partial charge in [0, 0.05) is 19.4 Å². The molecule has 7 rings (SSSR count). The molecule has 17 heteroatoms. The molecule has 3 aliphatic rings. The third-order valence-corrected chi connectivity index (χ3v) is 8.94. The van der Waals surface area contributed by atoms with Gasteiger partial charge in [-0.25, -0.2) is 29.9 Å². The molecule has 4 aromatic rings. The van der Waals surface area contributed by atoms with E-state index in [1.807, 2.05) is 18.4 Å². The van der Waals surface area contributed by atoms with Gasteiger partial charge in [0.15, 0.2) is 46.3 Å². The Kier molecular flexibility index (Phi) is 7.92. The number of hydrogen-bond donors (Lipinski definition) is 3. The van der Waals surface area contributed by atoms with Gasteiger partial charge in [0.25, 0.3) is 0 Å². The average molecular weight is 648 g/mol. The molecule has 0 bridgehead atoms. The fourth-order valence-corrected chi connectivity index (χ4v) is 6.47. The first kappa shape index (κ1) is 31.1. The molecule has 0 aromatic carbocycles. The SMILES string of the molecule is CC(=O)OC[C@H]1O[C@@H](n2c(C#CCNC[C@H]3O[C@@H](n4cnc5c(N)ncnc54)[C@H]4OC(C)(C)OC34)nc3c(N)ncnc32)[C@@H](C)C1C. The summed E-state index contributed by atoms with van der Waals surface area (Å²) in [6.45, 7) is 10.2. The van der Waals surface area contributed by atoms with Crippen LogP contribution in [0.25, 0.3) is 22.3 Å². The van der Waals surface area contributed by atoms with E-state index in [2.05, 4.69) is 60.9 Å². The third-order valence-electron chi connectivity index (χ3n) is 8.94. The Morgan fingerprint density at radius 3 is 2.43 bits per heavy atom. The van der Waals surface area contributed by atoms with Gasteiger partial charge in [-0.2, -0.15) is 0 Å². The molecule has 17 nitrogen and oxygen atoms in total. The molecule has 47 heavy (non-hydrogen) atoms. The van der Waals surface area contributed by atoms with E-state index in [0.29, 0.717) is 41.2 Å². The molecule has 0 spiro atoms. The van der Waals surface area contributed by atoms with Crippen molar-refractivity contribution in [2.24, 2.45) is 11.8 Å². The predicted molar refractivity (Wildman–Crippen MR) is 166 cm³/mol. The van der Waals surface area contributed by atoms with Crippen LogP contribution in [0.4, 0.5) is 11.6 Å². The van der Waals surface area contributed by atoms with Crippen molar-refractivity contribution in [3.05, 3.63) is 24.8 Å². The molecular weight excluding hydrogens is 610 g/mol. The molecular formula is C30H37N11O6. The van der Waals surface area contributed by atoms with Crippen molar-refractivity contribution in [2.75, 3.05) is 31.2 Å². The number of esters is 1. The highest BCUT2D eigenvalue weighted by molar-refractivity contribution is 5.82. The molecule has 8 atom stereocenters. The highest BCUT2D eigenvalue weighted by Crippen LogP contribution is 2.44. The highest BCUT2D eigenvalue weighted by atomic mass is 16.8. The molecule has 3 aliphatic heterocycles. The van der Waals surface area contributed by atoms with E-state index in [4.69, 9.17) is 35.2 Å². The highest BCUT2D eigenvalue weighted by Gasteiger charge is 2.56. The van der Waals surface area contributed by atoms with Crippen LogP contribution in [0.3, 0.4) is 0 Å². The van der Waals surface area contributed by atoms with E-state index in [9.17, 15) is 4.79 Å². The Labute approximate surface area is 269 Å². The van der Waals surface area contributed by atoms with E-state index in [-0.39, 0.29) is 54.4 Å². The fourth-order valence-electron chi connectivity index (χ4n) is 6.47. The summed E-state index contributed by atoms with van der Waals surface area (Å²) in [6, 6.07) is 0. The number of nitrogens with zero attached hydrogens (tertiary/aromatic N) is 8. The van der Waals surface area contributed by atoms with Crippen molar-refractivity contribution in [1.29, 1.82) is 0 Å². The summed E-state index contributed by atoms with van der Waals surface area (Å²) in [5, 5.41) is 3.36. The van der Waals surface area contributed by atoms with Crippen LogP contribution in [0.1, 0.15) is 52.9 Å². The number of carbonyl (C=O) groups excluding carboxylic acids is 1. The Bertz CT molecular complexity index is 1880. The van der Waals surface area contributed by atoms with Crippen molar-refractivity contribution in [2.45, 2.75) is 77.3 Å². The van der Waals surface area contributed by atoms with Crippen molar-refractivity contribution in [1.82, 2.24) is 44.4 Å². The lowest BCUT2D eigenvalue weighted by Gasteiger charge is -2.24. The van der Waals surface area contributed by atoms with Crippen LogP contribution < -0.4 is 16.8 Å². The summed E-state index contributed by atoms with van der Waals surface area (Å²) < 4.78 is 34.3. The van der Waals surface area contributed by atoms with E-state index in [0.717, 1.165) is 0 Å². The van der Waals surface area contributed by atoms with Crippen molar-refractivity contribution in [3.8, 4) is 11.8 Å². The Hall–Kier alpha value is -4.47. The monoisotopic (exact) mass is 647 g/mol. The third kappa shape index (κ3) is 5.61. The molecule has 0 amide bonds. The van der Waals surface area contributed by atoms with Gasteiger partial charge < -0.3 is 40.5 Å². The lowest BCUT2D eigenvalue weighted by Crippen LogP contribution is -2.37. The minimum absolute atomic E-state index is 0.0385. The molecule has 5 N–H and O–H groups in total. The van der Waals surface area contributed by atoms with Gasteiger partial charge in [-0.15, -0.1) is 0 Å². The van der Waals surface area contributed by atoms with Gasteiger partial charge in [0.05, 0.1) is 19.0 Å². The van der Waals surface area contributed by atoms with E-state index < -0.39 is 24.3 Å². The van der Waals surface area contributed by atoms with E-state index >= 15 is 0 Å². The number of rotatable bonds is 7. The first-order valence-electron chi connectivity index (χ1n) is 15.4. The lowest BCUT2D eigenvalue weighted by atomic mass is 9.93. The summed E-state index contributed by atoms with van der Waals surface area (Å²) in [4.78, 5) is 37.5. The molecule has 3 fully saturated rings. The van der Waals surface area contributed by atoms with Gasteiger partial charge in [0.2, 0.25) is 0 Å². The van der Waals surface area contributed by atoms with Gasteiger partial charge >= 0.3 is 5.97 Å². The molecule has 4 aromatic heterocycles.